The summed E-state index contributed by atoms with van der Waals surface area (Å²) in [6.07, 6.45) is 0. The lowest BCUT2D eigenvalue weighted by Gasteiger charge is -1.94. The number of anilines is 2. The Labute approximate surface area is 108 Å². The second-order valence-corrected chi connectivity index (χ2v) is 2.66. The summed E-state index contributed by atoms with van der Waals surface area (Å²) < 4.78 is 78.0. The Balaban J connectivity index is -0.000000213. The monoisotopic (exact) mass is 310 g/mol. The van der Waals surface area contributed by atoms with E-state index in [1.165, 1.54) is 0 Å². The second-order valence-electron chi connectivity index (χ2n) is 2.66. The molecule has 0 fully saturated rings. The number of hydrogen-bond donors (Lipinski definition) is 2. The molecule has 4 N–H and O–H groups in total. The summed E-state index contributed by atoms with van der Waals surface area (Å²) in [5, 5.41) is 12.0. The minimum absolute atomic E-state index is 0.713. The highest BCUT2D eigenvalue weighted by atomic mass is 19.5. The average molecular weight is 310 g/mol. The van der Waals surface area contributed by atoms with Crippen LogP contribution in [0.15, 0.2) is 24.3 Å². The number of halogens is 8. The topological polar surface area (TPSA) is 99.6 Å². The highest BCUT2D eigenvalue weighted by Crippen LogP contribution is 2.07. The van der Waals surface area contributed by atoms with E-state index in [2.05, 4.69) is 0 Å². The fourth-order valence-corrected chi connectivity index (χ4v) is 0.559. The highest BCUT2D eigenvalue weighted by molar-refractivity contribution is 6.50. The van der Waals surface area contributed by atoms with Gasteiger partial charge >= 0.3 is 14.5 Å². The van der Waals surface area contributed by atoms with Gasteiger partial charge < -0.3 is 46.0 Å². The van der Waals surface area contributed by atoms with Gasteiger partial charge in [-0.2, -0.15) is 0 Å². The molecule has 4 nitrogen and oxygen atoms in total. The van der Waals surface area contributed by atoms with E-state index < -0.39 is 14.5 Å². The molecule has 0 bridgehead atoms. The number of nitrogens with two attached hydrogens (primary N) is 2. The van der Waals surface area contributed by atoms with Gasteiger partial charge in [-0.25, -0.2) is 0 Å². The van der Waals surface area contributed by atoms with Crippen molar-refractivity contribution < 1.29 is 34.5 Å². The van der Waals surface area contributed by atoms with Crippen LogP contribution in [0, 0.1) is 10.8 Å². The average Bonchev–Trinajstić information content (AvgIpc) is 2.14. The Morgan fingerprint density at radius 2 is 0.900 bits per heavy atom. The summed E-state index contributed by atoms with van der Waals surface area (Å²) in [5.41, 5.74) is 12.2. The molecular weight excluding hydrogens is 302 g/mol. The maximum Gasteiger partial charge on any atom is 0.673 e. The highest BCUT2D eigenvalue weighted by Gasteiger charge is 2.21. The summed E-state index contributed by atoms with van der Waals surface area (Å²) in [6.45, 7) is 0. The van der Waals surface area contributed by atoms with Gasteiger partial charge in [-0.05, 0) is 18.2 Å². The Morgan fingerprint density at radius 3 is 1.00 bits per heavy atom. The molecule has 0 heterocycles. The van der Waals surface area contributed by atoms with Gasteiger partial charge in [-0.1, -0.05) is 6.07 Å². The van der Waals surface area contributed by atoms with E-state index in [-0.39, 0.29) is 0 Å². The third kappa shape index (κ3) is 56.9. The van der Waals surface area contributed by atoms with Crippen molar-refractivity contribution in [3.05, 3.63) is 24.3 Å². The largest absolute Gasteiger partial charge is 0.673 e. The lowest BCUT2D eigenvalue weighted by molar-refractivity contribution is 0.366. The van der Waals surface area contributed by atoms with Crippen molar-refractivity contribution in [2.45, 2.75) is 0 Å². The van der Waals surface area contributed by atoms with Gasteiger partial charge in [0.2, 0.25) is 0 Å². The summed E-state index contributed by atoms with van der Waals surface area (Å²) >= 11 is 0. The van der Waals surface area contributed by atoms with Crippen molar-refractivity contribution in [1.82, 2.24) is 0 Å². The first-order valence-electron chi connectivity index (χ1n) is 4.34. The molecule has 20 heavy (non-hydrogen) atoms. The zero-order chi connectivity index (χ0) is 17.0. The van der Waals surface area contributed by atoms with Gasteiger partial charge in [0.05, 0.1) is 0 Å². The van der Waals surface area contributed by atoms with Crippen molar-refractivity contribution in [3.63, 3.8) is 0 Å². The molecule has 0 unspecified atom stereocenters. The van der Waals surface area contributed by atoms with Crippen LogP contribution in [0.5, 0.6) is 0 Å². The van der Waals surface area contributed by atoms with Crippen LogP contribution in [0.2, 0.25) is 0 Å². The maximum atomic E-state index is 9.75. The third-order valence-corrected chi connectivity index (χ3v) is 0.911. The zero-order valence-electron chi connectivity index (χ0n) is 9.54. The molecule has 14 heteroatoms. The van der Waals surface area contributed by atoms with Crippen LogP contribution in [0.3, 0.4) is 0 Å². The first-order valence-corrected chi connectivity index (χ1v) is 4.34. The van der Waals surface area contributed by atoms with Gasteiger partial charge in [-0.3, -0.25) is 0 Å². The predicted octanol–water partition coefficient (Wildman–Crippen LogP) is 3.48. The minimum Gasteiger partial charge on any atom is -0.418 e. The van der Waals surface area contributed by atoms with Crippen LogP contribution in [-0.2, 0) is 0 Å². The molecule has 1 rings (SSSR count). The van der Waals surface area contributed by atoms with Gasteiger partial charge in [0.15, 0.2) is 0 Å². The van der Waals surface area contributed by atoms with Crippen molar-refractivity contribution in [2.75, 3.05) is 11.5 Å². The van der Waals surface area contributed by atoms with Crippen LogP contribution in [0.25, 0.3) is 0 Å². The van der Waals surface area contributed by atoms with E-state index in [0.29, 0.717) is 11.4 Å². The second kappa shape index (κ2) is 10.7. The van der Waals surface area contributed by atoms with E-state index >= 15 is 0 Å². The van der Waals surface area contributed by atoms with Crippen LogP contribution < -0.4 is 11.5 Å². The number of rotatable bonds is 0. The molecule has 0 atom stereocenters. The lowest BCUT2D eigenvalue weighted by atomic mass is 10.3. The predicted molar refractivity (Wildman–Crippen MR) is 59.1 cm³/mol. The molecule has 0 aliphatic carbocycles. The lowest BCUT2D eigenvalue weighted by Crippen LogP contribution is -2.02. The maximum absolute atomic E-state index is 9.75. The number of benzene rings is 1. The Hall–Kier alpha value is -2.19. The third-order valence-electron chi connectivity index (χ3n) is 0.911. The molecule has 0 saturated carbocycles. The van der Waals surface area contributed by atoms with E-state index in [4.69, 9.17) is 22.3 Å². The molecule has 0 spiro atoms. The van der Waals surface area contributed by atoms with Crippen molar-refractivity contribution >= 4 is 25.9 Å². The van der Waals surface area contributed by atoms with Gasteiger partial charge in [0, 0.05) is 22.2 Å². The normalized spacial score (nSPS) is 9.70. The molecule has 0 aromatic heterocycles. The molecule has 0 radical (unpaired) electrons. The van der Waals surface area contributed by atoms with E-state index in [0.717, 1.165) is 0 Å². The van der Waals surface area contributed by atoms with Crippen LogP contribution >= 0.6 is 0 Å². The molecule has 1 aromatic rings. The Bertz CT molecular complexity index is 338. The molecular formula is C6H8B2F8N4-2. The van der Waals surface area contributed by atoms with Crippen molar-refractivity contribution in [2.24, 2.45) is 0 Å². The molecule has 116 valence electrons. The first kappa shape index (κ1) is 22.9. The number of hydrogen-bond acceptors (Lipinski definition) is 4. The Kier molecular flexibility index (Phi) is 12.3. The van der Waals surface area contributed by atoms with Gasteiger partial charge in [-0.15, -0.1) is 0 Å². The minimum atomic E-state index is -6.00. The fourth-order valence-electron chi connectivity index (χ4n) is 0.559. The molecule has 0 aliphatic rings. The van der Waals surface area contributed by atoms with Crippen molar-refractivity contribution in [3.8, 4) is 0 Å². The number of nitrogens with zero attached hydrogens (tertiary/aromatic N) is 2. The standard InChI is InChI=1S/C6H8N2.2BF4.N2/c7-5-2-1-3-6(8)4-5;2*2-1(3,4)5;1-2/h1-4H,7-8H2;;;/q;2*-1;. The molecule has 1 aromatic carbocycles. The van der Waals surface area contributed by atoms with Crippen LogP contribution in [0.4, 0.5) is 45.9 Å². The zero-order valence-corrected chi connectivity index (χ0v) is 9.54. The SMILES string of the molecule is F[B-](F)(F)F.F[B-](F)(F)F.N#N.Nc1cccc(N)c1. The summed E-state index contributed by atoms with van der Waals surface area (Å²) in [4.78, 5) is 0. The smallest absolute Gasteiger partial charge is 0.418 e. The van der Waals surface area contributed by atoms with E-state index in [1.54, 1.807) is 18.2 Å². The van der Waals surface area contributed by atoms with Crippen molar-refractivity contribution in [1.29, 1.82) is 10.8 Å². The number of nitrogen functional groups attached to an aromatic ring is 2. The van der Waals surface area contributed by atoms with Gasteiger partial charge in [0.1, 0.15) is 0 Å². The molecule has 0 aliphatic heterocycles. The summed E-state index contributed by atoms with van der Waals surface area (Å²) in [7, 11) is -12.0. The quantitative estimate of drug-likeness (QED) is 0.331. The van der Waals surface area contributed by atoms with E-state index in [1.807, 2.05) is 6.07 Å². The van der Waals surface area contributed by atoms with Crippen LogP contribution in [-0.4, -0.2) is 14.5 Å². The summed E-state index contributed by atoms with van der Waals surface area (Å²) in [5.74, 6) is 0. The molecule has 0 amide bonds. The van der Waals surface area contributed by atoms with E-state index in [9.17, 15) is 34.5 Å². The fraction of sp³-hybridized carbons (Fsp3) is 0. The first-order chi connectivity index (χ1) is 8.79. The summed E-state index contributed by atoms with van der Waals surface area (Å²) in [6, 6.07) is 7.15. The Morgan fingerprint density at radius 1 is 0.700 bits per heavy atom. The molecule has 0 saturated heterocycles. The van der Waals surface area contributed by atoms with Crippen LogP contribution in [0.1, 0.15) is 0 Å². The van der Waals surface area contributed by atoms with Gasteiger partial charge in [0.25, 0.3) is 0 Å².